The van der Waals surface area contributed by atoms with Gasteiger partial charge in [-0.3, -0.25) is 4.90 Å². The van der Waals surface area contributed by atoms with Crippen LogP contribution in [0.25, 0.3) is 0 Å². The second-order valence-corrected chi connectivity index (χ2v) is 5.35. The molecule has 1 amide bonds. The van der Waals surface area contributed by atoms with E-state index in [0.717, 1.165) is 11.0 Å². The molecular weight excluding hydrogens is 320 g/mol. The fourth-order valence-corrected chi connectivity index (χ4v) is 2.67. The number of ether oxygens (including phenoxy) is 1. The number of aliphatic carboxylic acids is 1. The summed E-state index contributed by atoms with van der Waals surface area (Å²) in [7, 11) is 0. The third-order valence-electron chi connectivity index (χ3n) is 3.79. The standard InChI is InChI=1S/C17H13F2NO4/c18-11-6-13(19)12-8-15(16(21)22)20(14(12)7-11)17(23)24-9-10-4-2-1-3-5-10/h1-7,15H,8-9H2,(H,21,22)/t15-/m0/s1. The summed E-state index contributed by atoms with van der Waals surface area (Å²) in [5.41, 5.74) is 0.584. The van der Waals surface area contributed by atoms with Gasteiger partial charge in [-0.05, 0) is 11.6 Å². The molecule has 3 rings (SSSR count). The van der Waals surface area contributed by atoms with Crippen molar-refractivity contribution in [2.45, 2.75) is 19.1 Å². The SMILES string of the molecule is O=C(O)[C@@H]1Cc2c(F)cc(F)cc2N1C(=O)OCc1ccccc1. The van der Waals surface area contributed by atoms with E-state index in [2.05, 4.69) is 0 Å². The van der Waals surface area contributed by atoms with Crippen molar-refractivity contribution >= 4 is 17.7 Å². The van der Waals surface area contributed by atoms with Gasteiger partial charge in [-0.25, -0.2) is 18.4 Å². The number of carbonyl (C=O) groups excluding carboxylic acids is 1. The van der Waals surface area contributed by atoms with Gasteiger partial charge in [0.25, 0.3) is 0 Å². The zero-order chi connectivity index (χ0) is 17.3. The molecule has 0 fully saturated rings. The Morgan fingerprint density at radius 3 is 2.58 bits per heavy atom. The lowest BCUT2D eigenvalue weighted by Crippen LogP contribution is -2.43. The number of rotatable bonds is 3. The van der Waals surface area contributed by atoms with Gasteiger partial charge in [0.1, 0.15) is 24.3 Å². The summed E-state index contributed by atoms with van der Waals surface area (Å²) in [6, 6.07) is 9.06. The predicted octanol–water partition coefficient (Wildman–Crippen LogP) is 3.12. The molecule has 0 unspecified atom stereocenters. The van der Waals surface area contributed by atoms with E-state index >= 15 is 0 Å². The normalized spacial score (nSPS) is 15.9. The van der Waals surface area contributed by atoms with Crippen LogP contribution in [0.15, 0.2) is 42.5 Å². The number of halogens is 2. The Balaban J connectivity index is 1.87. The Bertz CT molecular complexity index is 795. The van der Waals surface area contributed by atoms with E-state index in [1.807, 2.05) is 0 Å². The molecule has 0 aliphatic carbocycles. The van der Waals surface area contributed by atoms with Crippen LogP contribution in [0.5, 0.6) is 0 Å². The summed E-state index contributed by atoms with van der Waals surface area (Å²) >= 11 is 0. The van der Waals surface area contributed by atoms with Crippen LogP contribution in [0, 0.1) is 11.6 Å². The monoisotopic (exact) mass is 333 g/mol. The van der Waals surface area contributed by atoms with E-state index in [0.29, 0.717) is 11.6 Å². The molecule has 0 bridgehead atoms. The van der Waals surface area contributed by atoms with Crippen molar-refractivity contribution in [1.82, 2.24) is 0 Å². The molecule has 2 aromatic carbocycles. The number of hydrogen-bond acceptors (Lipinski definition) is 3. The zero-order valence-electron chi connectivity index (χ0n) is 12.4. The number of carboxylic acid groups (broad SMARTS) is 1. The first kappa shape index (κ1) is 15.9. The molecule has 1 aliphatic heterocycles. The molecular formula is C17H13F2NO4. The highest BCUT2D eigenvalue weighted by molar-refractivity contribution is 5.98. The summed E-state index contributed by atoms with van der Waals surface area (Å²) in [5, 5.41) is 9.28. The van der Waals surface area contributed by atoms with Crippen LogP contribution in [-0.4, -0.2) is 23.2 Å². The molecule has 0 saturated heterocycles. The summed E-state index contributed by atoms with van der Waals surface area (Å²) < 4.78 is 32.4. The van der Waals surface area contributed by atoms with Gasteiger partial charge in [0.05, 0.1) is 5.69 Å². The summed E-state index contributed by atoms with van der Waals surface area (Å²) in [4.78, 5) is 24.5. The smallest absolute Gasteiger partial charge is 0.415 e. The minimum absolute atomic E-state index is 0.0135. The van der Waals surface area contributed by atoms with Crippen molar-refractivity contribution in [3.63, 3.8) is 0 Å². The highest BCUT2D eigenvalue weighted by Gasteiger charge is 2.41. The molecule has 0 saturated carbocycles. The van der Waals surface area contributed by atoms with Crippen LogP contribution in [0.3, 0.4) is 0 Å². The first-order valence-corrected chi connectivity index (χ1v) is 7.18. The van der Waals surface area contributed by atoms with E-state index in [1.165, 1.54) is 0 Å². The fourth-order valence-electron chi connectivity index (χ4n) is 2.67. The number of carbonyl (C=O) groups is 2. The van der Waals surface area contributed by atoms with Gasteiger partial charge in [-0.2, -0.15) is 0 Å². The minimum Gasteiger partial charge on any atom is -0.480 e. The number of hydrogen-bond donors (Lipinski definition) is 1. The highest BCUT2D eigenvalue weighted by atomic mass is 19.1. The number of benzene rings is 2. The number of amides is 1. The maximum absolute atomic E-state index is 13.9. The lowest BCUT2D eigenvalue weighted by Gasteiger charge is -2.22. The molecule has 2 aromatic rings. The van der Waals surface area contributed by atoms with Gasteiger partial charge in [0.15, 0.2) is 0 Å². The second-order valence-electron chi connectivity index (χ2n) is 5.35. The van der Waals surface area contributed by atoms with Crippen molar-refractivity contribution in [3.8, 4) is 0 Å². The molecule has 5 nitrogen and oxygen atoms in total. The van der Waals surface area contributed by atoms with Crippen LogP contribution in [0.1, 0.15) is 11.1 Å². The molecule has 24 heavy (non-hydrogen) atoms. The van der Waals surface area contributed by atoms with Gasteiger partial charge in [0.2, 0.25) is 0 Å². The van der Waals surface area contributed by atoms with Crippen LogP contribution in [0.2, 0.25) is 0 Å². The molecule has 1 N–H and O–H groups in total. The molecule has 1 atom stereocenters. The highest BCUT2D eigenvalue weighted by Crippen LogP contribution is 2.35. The van der Waals surface area contributed by atoms with E-state index in [9.17, 15) is 23.5 Å². The number of nitrogens with zero attached hydrogens (tertiary/aromatic N) is 1. The van der Waals surface area contributed by atoms with Crippen LogP contribution in [0.4, 0.5) is 19.3 Å². The maximum atomic E-state index is 13.9. The minimum atomic E-state index is -1.33. The number of carboxylic acids is 1. The van der Waals surface area contributed by atoms with Gasteiger partial charge in [0, 0.05) is 18.1 Å². The Hall–Kier alpha value is -2.96. The average molecular weight is 333 g/mol. The summed E-state index contributed by atoms with van der Waals surface area (Å²) in [6.07, 6.45) is -1.20. The third-order valence-corrected chi connectivity index (χ3v) is 3.79. The van der Waals surface area contributed by atoms with E-state index < -0.39 is 29.7 Å². The average Bonchev–Trinajstić information content (AvgIpc) is 2.93. The number of anilines is 1. The quantitative estimate of drug-likeness (QED) is 0.937. The molecule has 1 aliphatic rings. The first-order chi connectivity index (χ1) is 11.5. The van der Waals surface area contributed by atoms with Crippen LogP contribution >= 0.6 is 0 Å². The Morgan fingerprint density at radius 2 is 1.92 bits per heavy atom. The summed E-state index contributed by atoms with van der Waals surface area (Å²) in [6.45, 7) is -0.0738. The zero-order valence-corrected chi connectivity index (χ0v) is 12.4. The van der Waals surface area contributed by atoms with Gasteiger partial charge in [-0.15, -0.1) is 0 Å². The van der Waals surface area contributed by atoms with Gasteiger partial charge < -0.3 is 9.84 Å². The van der Waals surface area contributed by atoms with Crippen LogP contribution in [-0.2, 0) is 22.6 Å². The maximum Gasteiger partial charge on any atom is 0.415 e. The van der Waals surface area contributed by atoms with Crippen LogP contribution < -0.4 is 4.90 Å². The first-order valence-electron chi connectivity index (χ1n) is 7.18. The molecule has 0 spiro atoms. The second kappa shape index (κ2) is 6.27. The summed E-state index contributed by atoms with van der Waals surface area (Å²) in [5.74, 6) is -3.09. The van der Waals surface area contributed by atoms with E-state index in [4.69, 9.17) is 4.74 Å². The van der Waals surface area contributed by atoms with E-state index in [-0.39, 0.29) is 24.3 Å². The number of fused-ring (bicyclic) bond motifs is 1. The molecule has 1 heterocycles. The lowest BCUT2D eigenvalue weighted by molar-refractivity contribution is -0.138. The predicted molar refractivity (Wildman–Crippen MR) is 80.6 cm³/mol. The Labute approximate surface area is 136 Å². The van der Waals surface area contributed by atoms with Crippen molar-refractivity contribution in [1.29, 1.82) is 0 Å². The van der Waals surface area contributed by atoms with Crippen molar-refractivity contribution in [2.75, 3.05) is 4.90 Å². The Kier molecular flexibility index (Phi) is 4.16. The molecule has 0 aromatic heterocycles. The van der Waals surface area contributed by atoms with Crippen molar-refractivity contribution in [2.24, 2.45) is 0 Å². The molecule has 7 heteroatoms. The van der Waals surface area contributed by atoms with Crippen molar-refractivity contribution in [3.05, 3.63) is 65.2 Å². The van der Waals surface area contributed by atoms with Gasteiger partial charge >= 0.3 is 12.1 Å². The topological polar surface area (TPSA) is 66.8 Å². The lowest BCUT2D eigenvalue weighted by atomic mass is 10.1. The van der Waals surface area contributed by atoms with Gasteiger partial charge in [-0.1, -0.05) is 30.3 Å². The Morgan fingerprint density at radius 1 is 1.21 bits per heavy atom. The van der Waals surface area contributed by atoms with Crippen molar-refractivity contribution < 1.29 is 28.2 Å². The van der Waals surface area contributed by atoms with E-state index in [1.54, 1.807) is 30.3 Å². The third kappa shape index (κ3) is 2.92. The molecule has 0 radical (unpaired) electrons. The molecule has 124 valence electrons. The largest absolute Gasteiger partial charge is 0.480 e. The fraction of sp³-hybridized carbons (Fsp3) is 0.176.